The fourth-order valence-electron chi connectivity index (χ4n) is 1.95. The first kappa shape index (κ1) is 12.1. The Kier molecular flexibility index (Phi) is 2.75. The molecule has 0 aliphatic rings. The smallest absolute Gasteiger partial charge is 0.141 e. The second kappa shape index (κ2) is 4.31. The molecule has 0 unspecified atom stereocenters. The van der Waals surface area contributed by atoms with Crippen LogP contribution < -0.4 is 0 Å². The maximum absolute atomic E-state index is 13.8. The number of imidazole rings is 1. The standard InChI is InChI=1S/C14H9ClF2N2/c1-7-4-9(11(17)6-10(7)16)14-18-12-3-2-8(15)5-13(12)19-14/h2-6H,1H3,(H,18,19). The Morgan fingerprint density at radius 2 is 1.89 bits per heavy atom. The predicted molar refractivity (Wildman–Crippen MR) is 71.2 cm³/mol. The zero-order valence-electron chi connectivity index (χ0n) is 9.97. The van der Waals surface area contributed by atoms with Crippen LogP contribution in [0.4, 0.5) is 8.78 Å². The summed E-state index contributed by atoms with van der Waals surface area (Å²) in [6, 6.07) is 7.46. The third-order valence-electron chi connectivity index (χ3n) is 2.95. The second-order valence-corrected chi connectivity index (χ2v) is 4.76. The molecule has 0 aliphatic carbocycles. The van der Waals surface area contributed by atoms with Crippen LogP contribution in [0.3, 0.4) is 0 Å². The van der Waals surface area contributed by atoms with Gasteiger partial charge in [-0.25, -0.2) is 13.8 Å². The van der Waals surface area contributed by atoms with E-state index in [0.29, 0.717) is 27.4 Å². The van der Waals surface area contributed by atoms with Gasteiger partial charge in [0, 0.05) is 11.1 Å². The van der Waals surface area contributed by atoms with Crippen molar-refractivity contribution in [3.8, 4) is 11.4 Å². The minimum atomic E-state index is -0.645. The van der Waals surface area contributed by atoms with Crippen LogP contribution >= 0.6 is 11.6 Å². The first-order valence-electron chi connectivity index (χ1n) is 5.66. The van der Waals surface area contributed by atoms with Gasteiger partial charge in [-0.15, -0.1) is 0 Å². The average molecular weight is 279 g/mol. The third kappa shape index (κ3) is 2.08. The zero-order valence-corrected chi connectivity index (χ0v) is 10.7. The summed E-state index contributed by atoms with van der Waals surface area (Å²) in [5, 5.41) is 0.568. The largest absolute Gasteiger partial charge is 0.338 e. The van der Waals surface area contributed by atoms with Gasteiger partial charge in [0.05, 0.1) is 16.6 Å². The molecule has 1 N–H and O–H groups in total. The highest BCUT2D eigenvalue weighted by Crippen LogP contribution is 2.26. The van der Waals surface area contributed by atoms with Crippen molar-refractivity contribution in [1.29, 1.82) is 0 Å². The van der Waals surface area contributed by atoms with Crippen LogP contribution in [0.5, 0.6) is 0 Å². The van der Waals surface area contributed by atoms with Crippen molar-refractivity contribution in [2.75, 3.05) is 0 Å². The van der Waals surface area contributed by atoms with Gasteiger partial charge in [0.2, 0.25) is 0 Å². The van der Waals surface area contributed by atoms with E-state index in [1.807, 2.05) is 0 Å². The molecule has 2 aromatic carbocycles. The molecule has 0 amide bonds. The molecule has 3 rings (SSSR count). The zero-order chi connectivity index (χ0) is 13.6. The van der Waals surface area contributed by atoms with Gasteiger partial charge in [0.15, 0.2) is 0 Å². The molecule has 2 nitrogen and oxygen atoms in total. The molecule has 0 atom stereocenters. The molecule has 0 radical (unpaired) electrons. The predicted octanol–water partition coefficient (Wildman–Crippen LogP) is 4.47. The van der Waals surface area contributed by atoms with Crippen LogP contribution in [0.15, 0.2) is 30.3 Å². The van der Waals surface area contributed by atoms with Crippen LogP contribution in [0.2, 0.25) is 5.02 Å². The van der Waals surface area contributed by atoms with Gasteiger partial charge in [-0.3, -0.25) is 0 Å². The normalized spacial score (nSPS) is 11.2. The lowest BCUT2D eigenvalue weighted by molar-refractivity contribution is 0.579. The van der Waals surface area contributed by atoms with Gasteiger partial charge >= 0.3 is 0 Å². The van der Waals surface area contributed by atoms with Crippen molar-refractivity contribution < 1.29 is 8.78 Å². The van der Waals surface area contributed by atoms with E-state index in [-0.39, 0.29) is 5.56 Å². The number of hydrogen-bond donors (Lipinski definition) is 1. The maximum atomic E-state index is 13.8. The number of aromatic amines is 1. The summed E-state index contributed by atoms with van der Waals surface area (Å²) in [4.78, 5) is 7.26. The van der Waals surface area contributed by atoms with Crippen molar-refractivity contribution in [2.24, 2.45) is 0 Å². The van der Waals surface area contributed by atoms with Gasteiger partial charge < -0.3 is 4.98 Å². The molecule has 5 heteroatoms. The number of nitrogens with one attached hydrogen (secondary N) is 1. The quantitative estimate of drug-likeness (QED) is 0.699. The molecular weight excluding hydrogens is 270 g/mol. The molecule has 0 spiro atoms. The van der Waals surface area contributed by atoms with Gasteiger partial charge in [0.1, 0.15) is 17.5 Å². The molecule has 0 saturated carbocycles. The van der Waals surface area contributed by atoms with Crippen molar-refractivity contribution in [3.05, 3.63) is 52.6 Å². The molecule has 96 valence electrons. The van der Waals surface area contributed by atoms with Crippen LogP contribution in [-0.4, -0.2) is 9.97 Å². The van der Waals surface area contributed by atoms with Crippen molar-refractivity contribution in [2.45, 2.75) is 6.92 Å². The van der Waals surface area contributed by atoms with E-state index in [9.17, 15) is 8.78 Å². The fraction of sp³-hybridized carbons (Fsp3) is 0.0714. The van der Waals surface area contributed by atoms with Crippen molar-refractivity contribution in [1.82, 2.24) is 9.97 Å². The highest BCUT2D eigenvalue weighted by atomic mass is 35.5. The Labute approximate surface area is 113 Å². The fourth-order valence-corrected chi connectivity index (χ4v) is 2.12. The summed E-state index contributed by atoms with van der Waals surface area (Å²) in [6.45, 7) is 1.58. The first-order chi connectivity index (χ1) is 9.04. The molecule has 0 saturated heterocycles. The average Bonchev–Trinajstić information content (AvgIpc) is 2.76. The number of hydrogen-bond acceptors (Lipinski definition) is 1. The van der Waals surface area contributed by atoms with Gasteiger partial charge in [-0.1, -0.05) is 11.6 Å². The lowest BCUT2D eigenvalue weighted by atomic mass is 10.1. The van der Waals surface area contributed by atoms with Crippen LogP contribution in [0, 0.1) is 18.6 Å². The van der Waals surface area contributed by atoms with Crippen LogP contribution in [-0.2, 0) is 0 Å². The molecule has 0 bridgehead atoms. The van der Waals surface area contributed by atoms with E-state index in [4.69, 9.17) is 11.6 Å². The van der Waals surface area contributed by atoms with Crippen LogP contribution in [0.1, 0.15) is 5.56 Å². The van der Waals surface area contributed by atoms with Gasteiger partial charge in [-0.05, 0) is 36.8 Å². The number of H-pyrrole nitrogens is 1. The topological polar surface area (TPSA) is 28.7 Å². The summed E-state index contributed by atoms with van der Waals surface area (Å²) in [7, 11) is 0. The highest BCUT2D eigenvalue weighted by Gasteiger charge is 2.13. The summed E-state index contributed by atoms with van der Waals surface area (Å²) in [5.74, 6) is -0.855. The molecule has 3 aromatic rings. The Morgan fingerprint density at radius 3 is 2.68 bits per heavy atom. The van der Waals surface area contributed by atoms with E-state index >= 15 is 0 Å². The summed E-state index contributed by atoms with van der Waals surface area (Å²) < 4.78 is 27.0. The number of nitrogens with zero attached hydrogens (tertiary/aromatic N) is 1. The lowest BCUT2D eigenvalue weighted by Crippen LogP contribution is -1.91. The van der Waals surface area contributed by atoms with Gasteiger partial charge in [0.25, 0.3) is 0 Å². The molecular formula is C14H9ClF2N2. The molecule has 19 heavy (non-hydrogen) atoms. The minimum Gasteiger partial charge on any atom is -0.338 e. The Balaban J connectivity index is 2.21. The van der Waals surface area contributed by atoms with Crippen LogP contribution in [0.25, 0.3) is 22.4 Å². The summed E-state index contributed by atoms with van der Waals surface area (Å²) in [6.07, 6.45) is 0. The lowest BCUT2D eigenvalue weighted by Gasteiger charge is -2.02. The van der Waals surface area contributed by atoms with Crippen molar-refractivity contribution in [3.63, 3.8) is 0 Å². The Morgan fingerprint density at radius 1 is 1.11 bits per heavy atom. The highest BCUT2D eigenvalue weighted by molar-refractivity contribution is 6.31. The van der Waals surface area contributed by atoms with E-state index in [1.165, 1.54) is 6.07 Å². The number of rotatable bonds is 1. The van der Waals surface area contributed by atoms with E-state index in [1.54, 1.807) is 25.1 Å². The van der Waals surface area contributed by atoms with Crippen molar-refractivity contribution >= 4 is 22.6 Å². The second-order valence-electron chi connectivity index (χ2n) is 4.33. The third-order valence-corrected chi connectivity index (χ3v) is 3.18. The molecule has 0 aliphatic heterocycles. The van der Waals surface area contributed by atoms with Gasteiger partial charge in [-0.2, -0.15) is 0 Å². The molecule has 0 fully saturated rings. The minimum absolute atomic E-state index is 0.242. The number of aromatic nitrogens is 2. The number of fused-ring (bicyclic) bond motifs is 1. The molecule has 1 aromatic heterocycles. The Hall–Kier alpha value is -1.94. The van der Waals surface area contributed by atoms with E-state index in [0.717, 1.165) is 6.07 Å². The SMILES string of the molecule is Cc1cc(-c2nc3ccc(Cl)cc3[nH]2)c(F)cc1F. The molecule has 1 heterocycles. The summed E-state index contributed by atoms with van der Waals surface area (Å²) >= 11 is 5.88. The Bertz CT molecular complexity index is 780. The van der Waals surface area contributed by atoms with E-state index < -0.39 is 11.6 Å². The monoisotopic (exact) mass is 278 g/mol. The number of benzene rings is 2. The first-order valence-corrected chi connectivity index (χ1v) is 6.03. The maximum Gasteiger partial charge on any atom is 0.141 e. The van der Waals surface area contributed by atoms with E-state index in [2.05, 4.69) is 9.97 Å². The number of halogens is 3. The summed E-state index contributed by atoms with van der Waals surface area (Å²) in [5.41, 5.74) is 2.01. The number of aryl methyl sites for hydroxylation is 1.